The third kappa shape index (κ3) is 2.78. The van der Waals surface area contributed by atoms with Crippen LogP contribution in [0.5, 0.6) is 5.75 Å². The van der Waals surface area contributed by atoms with Crippen molar-refractivity contribution in [1.29, 1.82) is 0 Å². The fraction of sp³-hybridized carbons (Fsp3) is 0.222. The maximum Gasteiger partial charge on any atom is 0.327 e. The number of fused-ring (bicyclic) bond motifs is 1. The lowest BCUT2D eigenvalue weighted by Crippen LogP contribution is -2.48. The molecular formula is C18H19N3O3. The Labute approximate surface area is 140 Å². The molecule has 1 aliphatic rings. The lowest BCUT2D eigenvalue weighted by molar-refractivity contribution is -0.121. The van der Waals surface area contributed by atoms with E-state index in [2.05, 4.69) is 10.6 Å². The Morgan fingerprint density at radius 2 is 1.83 bits per heavy atom. The summed E-state index contributed by atoms with van der Waals surface area (Å²) in [5.74, 6) is 0.371. The van der Waals surface area contributed by atoms with E-state index in [0.29, 0.717) is 17.9 Å². The number of benzene rings is 2. The molecule has 24 heavy (non-hydrogen) atoms. The number of hydrogen-bond acceptors (Lipinski definition) is 3. The largest absolute Gasteiger partial charge is 0.495 e. The second-order valence-corrected chi connectivity index (χ2v) is 5.46. The molecular weight excluding hydrogens is 306 g/mol. The van der Waals surface area contributed by atoms with Gasteiger partial charge in [0, 0.05) is 19.2 Å². The van der Waals surface area contributed by atoms with Gasteiger partial charge in [0.05, 0.1) is 12.8 Å². The highest BCUT2D eigenvalue weighted by atomic mass is 16.5. The van der Waals surface area contributed by atoms with E-state index in [-0.39, 0.29) is 11.9 Å². The number of likely N-dealkylation sites (N-methyl/N-ethyl adjacent to an activating group) is 1. The number of nitrogens with zero attached hydrogens (tertiary/aromatic N) is 1. The number of ether oxygens (including phenoxy) is 1. The van der Waals surface area contributed by atoms with Crippen molar-refractivity contribution in [2.75, 3.05) is 24.4 Å². The number of urea groups is 1. The average molecular weight is 325 g/mol. The topological polar surface area (TPSA) is 70.7 Å². The van der Waals surface area contributed by atoms with E-state index in [1.807, 2.05) is 36.4 Å². The number of methoxy groups -OCH3 is 1. The summed E-state index contributed by atoms with van der Waals surface area (Å²) in [6.45, 7) is 0. The van der Waals surface area contributed by atoms with Crippen LogP contribution < -0.4 is 20.3 Å². The van der Waals surface area contributed by atoms with Crippen LogP contribution in [0.4, 0.5) is 16.2 Å². The Bertz CT molecular complexity index is 776. The highest BCUT2D eigenvalue weighted by Gasteiger charge is 2.38. The minimum absolute atomic E-state index is 0.193. The van der Waals surface area contributed by atoms with Crippen molar-refractivity contribution in [3.63, 3.8) is 0 Å². The van der Waals surface area contributed by atoms with Crippen molar-refractivity contribution in [3.8, 4) is 5.75 Å². The number of carbonyl (C=O) groups excluding carboxylic acids is 2. The predicted octanol–water partition coefficient (Wildman–Crippen LogP) is 2.40. The zero-order valence-electron chi connectivity index (χ0n) is 13.6. The number of nitrogens with one attached hydrogen (secondary N) is 2. The summed E-state index contributed by atoms with van der Waals surface area (Å²) in [6.07, 6.45) is 0.495. The van der Waals surface area contributed by atoms with Crippen LogP contribution >= 0.6 is 0 Å². The fourth-order valence-electron chi connectivity index (χ4n) is 2.94. The first-order valence-electron chi connectivity index (χ1n) is 7.68. The first-order chi connectivity index (χ1) is 11.7. The molecule has 0 fully saturated rings. The van der Waals surface area contributed by atoms with E-state index < -0.39 is 6.04 Å². The van der Waals surface area contributed by atoms with Gasteiger partial charge in [-0.05, 0) is 23.8 Å². The predicted molar refractivity (Wildman–Crippen MR) is 92.5 cm³/mol. The maximum absolute atomic E-state index is 12.9. The second-order valence-electron chi connectivity index (χ2n) is 5.46. The summed E-state index contributed by atoms with van der Waals surface area (Å²) in [4.78, 5) is 26.6. The molecule has 1 atom stereocenters. The van der Waals surface area contributed by atoms with Crippen molar-refractivity contribution in [1.82, 2.24) is 5.32 Å². The first kappa shape index (κ1) is 15.9. The molecule has 0 bridgehead atoms. The van der Waals surface area contributed by atoms with Gasteiger partial charge in [-0.25, -0.2) is 4.79 Å². The number of hydrogen-bond donors (Lipinski definition) is 2. The van der Waals surface area contributed by atoms with Crippen molar-refractivity contribution in [3.05, 3.63) is 54.1 Å². The quantitative estimate of drug-likeness (QED) is 0.910. The lowest BCUT2D eigenvalue weighted by Gasteiger charge is -2.25. The van der Waals surface area contributed by atoms with Gasteiger partial charge in [-0.1, -0.05) is 30.3 Å². The zero-order valence-corrected chi connectivity index (χ0v) is 13.6. The van der Waals surface area contributed by atoms with Gasteiger partial charge in [0.25, 0.3) is 0 Å². The monoisotopic (exact) mass is 325 g/mol. The van der Waals surface area contributed by atoms with Gasteiger partial charge in [0.2, 0.25) is 5.91 Å². The number of para-hydroxylation sites is 3. The van der Waals surface area contributed by atoms with E-state index in [1.54, 1.807) is 26.3 Å². The first-order valence-corrected chi connectivity index (χ1v) is 7.68. The summed E-state index contributed by atoms with van der Waals surface area (Å²) in [7, 11) is 3.12. The van der Waals surface area contributed by atoms with Crippen LogP contribution in [0.15, 0.2) is 48.5 Å². The van der Waals surface area contributed by atoms with Crippen LogP contribution in [0.1, 0.15) is 5.56 Å². The molecule has 1 unspecified atom stereocenters. The molecule has 6 nitrogen and oxygen atoms in total. The normalized spacial score (nSPS) is 15.6. The van der Waals surface area contributed by atoms with E-state index in [1.165, 1.54) is 4.90 Å². The summed E-state index contributed by atoms with van der Waals surface area (Å²) in [5, 5.41) is 5.46. The Morgan fingerprint density at radius 3 is 2.58 bits per heavy atom. The van der Waals surface area contributed by atoms with E-state index in [9.17, 15) is 9.59 Å². The van der Waals surface area contributed by atoms with Gasteiger partial charge < -0.3 is 15.4 Å². The molecule has 0 radical (unpaired) electrons. The molecule has 0 saturated carbocycles. The SMILES string of the molecule is CNC(=O)C1Cc2ccccc2N1C(=O)Nc1ccccc1OC. The Morgan fingerprint density at radius 1 is 1.12 bits per heavy atom. The molecule has 2 aromatic rings. The standard InChI is InChI=1S/C18H19N3O3/c1-19-17(22)15-11-12-7-3-5-9-14(12)21(15)18(23)20-13-8-4-6-10-16(13)24-2/h3-10,15H,11H2,1-2H3,(H,19,22)(H,20,23). The molecule has 0 aliphatic carbocycles. The molecule has 0 saturated heterocycles. The molecule has 2 aromatic carbocycles. The molecule has 0 aromatic heterocycles. The van der Waals surface area contributed by atoms with Gasteiger partial charge >= 0.3 is 6.03 Å². The summed E-state index contributed by atoms with van der Waals surface area (Å²) in [5.41, 5.74) is 2.28. The Hall–Kier alpha value is -3.02. The minimum Gasteiger partial charge on any atom is -0.495 e. The van der Waals surface area contributed by atoms with Crippen LogP contribution in [0.2, 0.25) is 0 Å². The highest BCUT2D eigenvalue weighted by Crippen LogP contribution is 2.33. The smallest absolute Gasteiger partial charge is 0.327 e. The Kier molecular flexibility index (Phi) is 4.37. The van der Waals surface area contributed by atoms with E-state index in [4.69, 9.17) is 4.74 Å². The number of rotatable bonds is 3. The molecule has 2 N–H and O–H groups in total. The summed E-state index contributed by atoms with van der Waals surface area (Å²) < 4.78 is 5.26. The van der Waals surface area contributed by atoms with Crippen molar-refractivity contribution in [2.24, 2.45) is 0 Å². The van der Waals surface area contributed by atoms with Crippen molar-refractivity contribution >= 4 is 23.3 Å². The average Bonchev–Trinajstić information content (AvgIpc) is 3.01. The van der Waals surface area contributed by atoms with Gasteiger partial charge in [-0.2, -0.15) is 0 Å². The molecule has 3 rings (SSSR count). The van der Waals surface area contributed by atoms with Gasteiger partial charge in [-0.15, -0.1) is 0 Å². The summed E-state index contributed by atoms with van der Waals surface area (Å²) >= 11 is 0. The van der Waals surface area contributed by atoms with E-state index >= 15 is 0 Å². The lowest BCUT2D eigenvalue weighted by atomic mass is 10.1. The van der Waals surface area contributed by atoms with Crippen LogP contribution in [0.3, 0.4) is 0 Å². The second kappa shape index (κ2) is 6.62. The Balaban J connectivity index is 1.92. The van der Waals surface area contributed by atoms with Crippen LogP contribution in [-0.4, -0.2) is 32.1 Å². The molecule has 3 amide bonds. The number of carbonyl (C=O) groups is 2. The fourth-order valence-corrected chi connectivity index (χ4v) is 2.94. The molecule has 6 heteroatoms. The highest BCUT2D eigenvalue weighted by molar-refractivity contribution is 6.08. The van der Waals surface area contributed by atoms with Crippen molar-refractivity contribution in [2.45, 2.75) is 12.5 Å². The zero-order chi connectivity index (χ0) is 17.1. The van der Waals surface area contributed by atoms with E-state index in [0.717, 1.165) is 11.3 Å². The van der Waals surface area contributed by atoms with Crippen LogP contribution in [0.25, 0.3) is 0 Å². The minimum atomic E-state index is -0.567. The maximum atomic E-state index is 12.9. The molecule has 124 valence electrons. The van der Waals surface area contributed by atoms with Gasteiger partial charge in [0.1, 0.15) is 11.8 Å². The third-order valence-electron chi connectivity index (χ3n) is 4.09. The molecule has 1 aliphatic heterocycles. The number of amides is 3. The molecule has 1 heterocycles. The van der Waals surface area contributed by atoms with Crippen LogP contribution in [-0.2, 0) is 11.2 Å². The summed E-state index contributed by atoms with van der Waals surface area (Å²) in [6, 6.07) is 13.8. The van der Waals surface area contributed by atoms with Crippen molar-refractivity contribution < 1.29 is 14.3 Å². The third-order valence-corrected chi connectivity index (χ3v) is 4.09. The van der Waals surface area contributed by atoms with Crippen LogP contribution in [0, 0.1) is 0 Å². The van der Waals surface area contributed by atoms with Gasteiger partial charge in [-0.3, -0.25) is 9.69 Å². The molecule has 0 spiro atoms. The number of anilines is 2. The van der Waals surface area contributed by atoms with Gasteiger partial charge in [0.15, 0.2) is 0 Å².